The third-order valence-corrected chi connectivity index (χ3v) is 3.69. The number of hydrogen-bond acceptors (Lipinski definition) is 4. The highest BCUT2D eigenvalue weighted by Gasteiger charge is 2.18. The largest absolute Gasteiger partial charge is 0.378 e. The van der Waals surface area contributed by atoms with Gasteiger partial charge in [-0.15, -0.1) is 0 Å². The maximum absolute atomic E-state index is 5.67. The van der Waals surface area contributed by atoms with Gasteiger partial charge in [-0.25, -0.2) is 4.98 Å². The summed E-state index contributed by atoms with van der Waals surface area (Å²) in [4.78, 5) is 4.34. The fourth-order valence-corrected chi connectivity index (χ4v) is 2.54. The van der Waals surface area contributed by atoms with E-state index in [0.29, 0.717) is 12.1 Å². The van der Waals surface area contributed by atoms with Gasteiger partial charge in [0.25, 0.3) is 0 Å². The number of ether oxygens (including phenoxy) is 1. The molecule has 1 aliphatic rings. The van der Waals surface area contributed by atoms with E-state index in [4.69, 9.17) is 4.74 Å². The monoisotopic (exact) mass is 252 g/mol. The topological polar surface area (TPSA) is 52.0 Å². The second-order valence-corrected chi connectivity index (χ2v) is 4.89. The smallest absolute Gasteiger partial charge is 0.138 e. The highest BCUT2D eigenvalue weighted by atomic mass is 16.5. The summed E-state index contributed by atoms with van der Waals surface area (Å²) in [5, 5.41) is 7.59. The Hall–Kier alpha value is -0.940. The minimum absolute atomic E-state index is 0.462. The fourth-order valence-electron chi connectivity index (χ4n) is 2.54. The summed E-state index contributed by atoms with van der Waals surface area (Å²) in [6.07, 6.45) is 7.79. The highest BCUT2D eigenvalue weighted by molar-refractivity contribution is 4.89. The standard InChI is InChI=1S/C13H24N4O/c1-3-17-13(15-10-16-17)9-11(14-2)6-7-12-5-4-8-18-12/h10-12,14H,3-9H2,1-2H3. The fraction of sp³-hybridized carbons (Fsp3) is 0.846. The molecule has 18 heavy (non-hydrogen) atoms. The zero-order chi connectivity index (χ0) is 12.8. The quantitative estimate of drug-likeness (QED) is 0.796. The van der Waals surface area contributed by atoms with Crippen molar-refractivity contribution in [2.24, 2.45) is 0 Å². The minimum atomic E-state index is 0.462. The van der Waals surface area contributed by atoms with Crippen molar-refractivity contribution in [3.05, 3.63) is 12.2 Å². The van der Waals surface area contributed by atoms with E-state index in [1.165, 1.54) is 12.8 Å². The Labute approximate surface area is 109 Å². The first kappa shape index (κ1) is 13.5. The van der Waals surface area contributed by atoms with Crippen LogP contribution in [0.15, 0.2) is 6.33 Å². The Kier molecular flexibility index (Phi) is 5.13. The summed E-state index contributed by atoms with van der Waals surface area (Å²) in [7, 11) is 2.02. The molecule has 5 nitrogen and oxygen atoms in total. The van der Waals surface area contributed by atoms with Crippen LogP contribution < -0.4 is 5.32 Å². The van der Waals surface area contributed by atoms with Gasteiger partial charge in [-0.3, -0.25) is 4.68 Å². The highest BCUT2D eigenvalue weighted by Crippen LogP contribution is 2.18. The molecule has 1 aliphatic heterocycles. The zero-order valence-electron chi connectivity index (χ0n) is 11.4. The van der Waals surface area contributed by atoms with E-state index >= 15 is 0 Å². The van der Waals surface area contributed by atoms with Crippen LogP contribution in [0.5, 0.6) is 0 Å². The first-order valence-electron chi connectivity index (χ1n) is 6.99. The van der Waals surface area contributed by atoms with Crippen molar-refractivity contribution in [3.8, 4) is 0 Å². The van der Waals surface area contributed by atoms with Crippen molar-refractivity contribution in [2.45, 2.75) is 57.7 Å². The van der Waals surface area contributed by atoms with Gasteiger partial charge in [0.2, 0.25) is 0 Å². The van der Waals surface area contributed by atoms with E-state index in [0.717, 1.165) is 38.2 Å². The number of rotatable bonds is 7. The Morgan fingerprint density at radius 3 is 3.17 bits per heavy atom. The van der Waals surface area contributed by atoms with E-state index in [-0.39, 0.29) is 0 Å². The van der Waals surface area contributed by atoms with Crippen LogP contribution in [-0.4, -0.2) is 40.6 Å². The molecule has 1 fully saturated rings. The van der Waals surface area contributed by atoms with Crippen molar-refractivity contribution >= 4 is 0 Å². The lowest BCUT2D eigenvalue weighted by molar-refractivity contribution is 0.0997. The summed E-state index contributed by atoms with van der Waals surface area (Å²) in [5.74, 6) is 1.07. The molecule has 0 amide bonds. The predicted molar refractivity (Wildman–Crippen MR) is 70.5 cm³/mol. The number of nitrogens with zero attached hydrogens (tertiary/aromatic N) is 3. The van der Waals surface area contributed by atoms with Gasteiger partial charge < -0.3 is 10.1 Å². The average Bonchev–Trinajstić information content (AvgIpc) is 3.05. The summed E-state index contributed by atoms with van der Waals surface area (Å²) in [6, 6.07) is 0.462. The van der Waals surface area contributed by atoms with Gasteiger partial charge in [0.1, 0.15) is 12.2 Å². The lowest BCUT2D eigenvalue weighted by Gasteiger charge is -2.18. The molecule has 2 atom stereocenters. The Balaban J connectivity index is 1.81. The molecule has 0 aromatic carbocycles. The molecule has 0 spiro atoms. The van der Waals surface area contributed by atoms with Gasteiger partial charge >= 0.3 is 0 Å². The molecule has 1 aromatic rings. The predicted octanol–water partition coefficient (Wildman–Crippen LogP) is 1.39. The average molecular weight is 252 g/mol. The molecule has 2 heterocycles. The van der Waals surface area contributed by atoms with Crippen LogP contribution in [0.3, 0.4) is 0 Å². The first-order chi connectivity index (χ1) is 8.83. The normalized spacial score (nSPS) is 21.3. The van der Waals surface area contributed by atoms with Gasteiger partial charge in [0, 0.05) is 25.6 Å². The van der Waals surface area contributed by atoms with E-state index in [2.05, 4.69) is 22.3 Å². The van der Waals surface area contributed by atoms with Crippen LogP contribution in [0.4, 0.5) is 0 Å². The van der Waals surface area contributed by atoms with Gasteiger partial charge in [-0.05, 0) is 39.7 Å². The van der Waals surface area contributed by atoms with E-state index in [1.54, 1.807) is 6.33 Å². The molecule has 102 valence electrons. The summed E-state index contributed by atoms with van der Waals surface area (Å²) in [6.45, 7) is 3.93. The molecular formula is C13H24N4O. The molecule has 2 unspecified atom stereocenters. The number of aromatic nitrogens is 3. The van der Waals surface area contributed by atoms with Crippen LogP contribution in [0.25, 0.3) is 0 Å². The summed E-state index contributed by atoms with van der Waals surface area (Å²) < 4.78 is 7.64. The number of hydrogen-bond donors (Lipinski definition) is 1. The molecular weight excluding hydrogens is 228 g/mol. The molecule has 1 aromatic heterocycles. The molecule has 1 N–H and O–H groups in total. The molecule has 5 heteroatoms. The minimum Gasteiger partial charge on any atom is -0.378 e. The second-order valence-electron chi connectivity index (χ2n) is 4.89. The number of likely N-dealkylation sites (N-methyl/N-ethyl adjacent to an activating group) is 1. The summed E-state index contributed by atoms with van der Waals surface area (Å²) >= 11 is 0. The van der Waals surface area contributed by atoms with E-state index in [1.807, 2.05) is 11.7 Å². The van der Waals surface area contributed by atoms with Crippen molar-refractivity contribution < 1.29 is 4.74 Å². The van der Waals surface area contributed by atoms with Crippen LogP contribution in [0.2, 0.25) is 0 Å². The second kappa shape index (κ2) is 6.85. The first-order valence-corrected chi connectivity index (χ1v) is 6.99. The maximum atomic E-state index is 5.67. The molecule has 1 saturated heterocycles. The van der Waals surface area contributed by atoms with Crippen LogP contribution >= 0.6 is 0 Å². The van der Waals surface area contributed by atoms with Gasteiger partial charge in [-0.2, -0.15) is 5.10 Å². The maximum Gasteiger partial charge on any atom is 0.138 e. The van der Waals surface area contributed by atoms with Gasteiger partial charge in [0.15, 0.2) is 0 Å². The lowest BCUT2D eigenvalue weighted by atomic mass is 10.0. The van der Waals surface area contributed by atoms with Crippen LogP contribution in [-0.2, 0) is 17.7 Å². The van der Waals surface area contributed by atoms with Crippen LogP contribution in [0.1, 0.15) is 38.4 Å². The van der Waals surface area contributed by atoms with E-state index in [9.17, 15) is 0 Å². The van der Waals surface area contributed by atoms with Gasteiger partial charge in [-0.1, -0.05) is 0 Å². The SMILES string of the molecule is CCn1ncnc1CC(CCC1CCCO1)NC. The number of nitrogens with one attached hydrogen (secondary N) is 1. The molecule has 0 radical (unpaired) electrons. The molecule has 0 aliphatic carbocycles. The Bertz CT molecular complexity index is 347. The third kappa shape index (κ3) is 3.53. The Morgan fingerprint density at radius 1 is 1.61 bits per heavy atom. The van der Waals surface area contributed by atoms with Crippen molar-refractivity contribution in [1.82, 2.24) is 20.1 Å². The van der Waals surface area contributed by atoms with Crippen molar-refractivity contribution in [1.29, 1.82) is 0 Å². The molecule has 2 rings (SSSR count). The molecule has 0 bridgehead atoms. The Morgan fingerprint density at radius 2 is 2.50 bits per heavy atom. The molecule has 0 saturated carbocycles. The van der Waals surface area contributed by atoms with Gasteiger partial charge in [0.05, 0.1) is 6.10 Å². The lowest BCUT2D eigenvalue weighted by Crippen LogP contribution is -2.30. The zero-order valence-corrected chi connectivity index (χ0v) is 11.4. The van der Waals surface area contributed by atoms with Crippen LogP contribution in [0, 0.1) is 0 Å². The van der Waals surface area contributed by atoms with Crippen molar-refractivity contribution in [2.75, 3.05) is 13.7 Å². The summed E-state index contributed by atoms with van der Waals surface area (Å²) in [5.41, 5.74) is 0. The van der Waals surface area contributed by atoms with Crippen molar-refractivity contribution in [3.63, 3.8) is 0 Å². The number of aryl methyl sites for hydroxylation is 1. The third-order valence-electron chi connectivity index (χ3n) is 3.69. The van der Waals surface area contributed by atoms with E-state index < -0.39 is 0 Å².